The predicted molar refractivity (Wildman–Crippen MR) is 121 cm³/mol. The summed E-state index contributed by atoms with van der Waals surface area (Å²) in [5.41, 5.74) is 2.91. The molecule has 0 unspecified atom stereocenters. The highest BCUT2D eigenvalue weighted by Gasteiger charge is 2.50. The van der Waals surface area contributed by atoms with Gasteiger partial charge in [0, 0.05) is 5.56 Å². The first kappa shape index (κ1) is 22.2. The molecule has 0 saturated carbocycles. The quantitative estimate of drug-likeness (QED) is 0.590. The van der Waals surface area contributed by atoms with Gasteiger partial charge in [0.05, 0.1) is 19.8 Å². The molecule has 3 aromatic carbocycles. The second-order valence-corrected chi connectivity index (χ2v) is 8.27. The molecule has 3 aromatic rings. The summed E-state index contributed by atoms with van der Waals surface area (Å²) in [6, 6.07) is 29.4. The fraction of sp³-hybridized carbons (Fsp3) is 0.333. The Bertz CT molecular complexity index is 983. The summed E-state index contributed by atoms with van der Waals surface area (Å²) < 4.78 is 30.5. The van der Waals surface area contributed by atoms with E-state index < -0.39 is 37.0 Å². The molecule has 0 aliphatic carbocycles. The zero-order chi connectivity index (χ0) is 22.5. The van der Waals surface area contributed by atoms with E-state index in [0.717, 1.165) is 16.7 Å². The lowest BCUT2D eigenvalue weighted by Crippen LogP contribution is -2.62. The summed E-state index contributed by atoms with van der Waals surface area (Å²) >= 11 is 0. The summed E-state index contributed by atoms with van der Waals surface area (Å²) in [4.78, 5) is 0. The van der Waals surface area contributed by atoms with Gasteiger partial charge < -0.3 is 28.8 Å². The maximum Gasteiger partial charge on any atom is 0.187 e. The smallest absolute Gasteiger partial charge is 0.187 e. The van der Waals surface area contributed by atoms with Crippen LogP contribution in [-0.4, -0.2) is 42.4 Å². The van der Waals surface area contributed by atoms with Gasteiger partial charge >= 0.3 is 0 Å². The van der Waals surface area contributed by atoms with Crippen LogP contribution in [0.3, 0.4) is 0 Å². The number of aliphatic hydroxyl groups excluding tert-OH is 1. The van der Waals surface area contributed by atoms with Crippen LogP contribution in [-0.2, 0) is 36.9 Å². The van der Waals surface area contributed by atoms with Crippen LogP contribution in [0, 0.1) is 0 Å². The van der Waals surface area contributed by atoms with Crippen LogP contribution in [0.15, 0.2) is 91.0 Å². The Morgan fingerprint density at radius 1 is 0.727 bits per heavy atom. The minimum Gasteiger partial charge on any atom is -0.387 e. The molecule has 2 fully saturated rings. The second kappa shape index (κ2) is 10.6. The van der Waals surface area contributed by atoms with Crippen molar-refractivity contribution in [3.63, 3.8) is 0 Å². The van der Waals surface area contributed by atoms with E-state index in [1.807, 2.05) is 91.0 Å². The first-order valence-electron chi connectivity index (χ1n) is 11.2. The van der Waals surface area contributed by atoms with Gasteiger partial charge in [-0.15, -0.1) is 0 Å². The van der Waals surface area contributed by atoms with E-state index in [4.69, 9.17) is 23.7 Å². The molecule has 0 aromatic heterocycles. The van der Waals surface area contributed by atoms with Crippen LogP contribution < -0.4 is 0 Å². The van der Waals surface area contributed by atoms with E-state index in [9.17, 15) is 5.11 Å². The van der Waals surface area contributed by atoms with Gasteiger partial charge in [0.25, 0.3) is 0 Å². The molecule has 0 amide bonds. The summed E-state index contributed by atoms with van der Waals surface area (Å²) in [5.74, 6) is 0. The molecule has 0 bridgehead atoms. The topological polar surface area (TPSA) is 66.4 Å². The Hall–Kier alpha value is -2.58. The molecule has 33 heavy (non-hydrogen) atoms. The van der Waals surface area contributed by atoms with Crippen molar-refractivity contribution in [2.24, 2.45) is 0 Å². The van der Waals surface area contributed by atoms with Crippen LogP contribution in [0.25, 0.3) is 0 Å². The molecule has 2 aliphatic rings. The number of hydrogen-bond donors (Lipinski definition) is 1. The average Bonchev–Trinajstić information content (AvgIpc) is 2.88. The number of ether oxygens (including phenoxy) is 5. The van der Waals surface area contributed by atoms with Gasteiger partial charge in [0.15, 0.2) is 12.6 Å². The molecule has 5 rings (SSSR count). The Morgan fingerprint density at radius 3 is 1.94 bits per heavy atom. The molecular weight excluding hydrogens is 420 g/mol. The number of fused-ring (bicyclic) bond motifs is 1. The number of rotatable bonds is 7. The van der Waals surface area contributed by atoms with E-state index in [1.54, 1.807) is 0 Å². The molecule has 6 heteroatoms. The van der Waals surface area contributed by atoms with Gasteiger partial charge in [-0.1, -0.05) is 91.0 Å². The lowest BCUT2D eigenvalue weighted by atomic mass is 9.97. The Balaban J connectivity index is 1.31. The third-order valence-corrected chi connectivity index (χ3v) is 5.92. The van der Waals surface area contributed by atoms with Crippen LogP contribution in [0.2, 0.25) is 0 Å². The first-order chi connectivity index (χ1) is 16.3. The molecular formula is C27H28O6. The SMILES string of the molecule is O[C@@H]1[C@@H](OCc2ccccc2)[C@@H](OCc2ccccc2)O[C@@H]2CO[C@H](c3ccccc3)O[C@@H]12. The van der Waals surface area contributed by atoms with Crippen LogP contribution in [0.4, 0.5) is 0 Å². The van der Waals surface area contributed by atoms with E-state index in [-0.39, 0.29) is 6.61 Å². The van der Waals surface area contributed by atoms with Gasteiger partial charge in [-0.3, -0.25) is 0 Å². The van der Waals surface area contributed by atoms with Crippen molar-refractivity contribution in [2.75, 3.05) is 6.61 Å². The molecule has 0 radical (unpaired) electrons. The fourth-order valence-corrected chi connectivity index (χ4v) is 4.18. The van der Waals surface area contributed by atoms with Crippen molar-refractivity contribution in [1.29, 1.82) is 0 Å². The number of hydrogen-bond acceptors (Lipinski definition) is 6. The van der Waals surface area contributed by atoms with Crippen molar-refractivity contribution >= 4 is 0 Å². The third-order valence-electron chi connectivity index (χ3n) is 5.92. The van der Waals surface area contributed by atoms with Crippen LogP contribution >= 0.6 is 0 Å². The van der Waals surface area contributed by atoms with Gasteiger partial charge in [-0.2, -0.15) is 0 Å². The fourth-order valence-electron chi connectivity index (χ4n) is 4.18. The summed E-state index contributed by atoms with van der Waals surface area (Å²) in [6.07, 6.45) is -4.04. The van der Waals surface area contributed by atoms with Crippen molar-refractivity contribution in [1.82, 2.24) is 0 Å². The van der Waals surface area contributed by atoms with Crippen molar-refractivity contribution in [3.8, 4) is 0 Å². The summed E-state index contributed by atoms with van der Waals surface area (Å²) in [5, 5.41) is 11.3. The zero-order valence-electron chi connectivity index (χ0n) is 18.2. The van der Waals surface area contributed by atoms with Crippen molar-refractivity contribution < 1.29 is 28.8 Å². The van der Waals surface area contributed by atoms with Gasteiger partial charge in [-0.05, 0) is 11.1 Å². The Kier molecular flexibility index (Phi) is 7.12. The van der Waals surface area contributed by atoms with Crippen molar-refractivity contribution in [3.05, 3.63) is 108 Å². The number of aliphatic hydroxyl groups is 1. The van der Waals surface area contributed by atoms with E-state index in [2.05, 4.69) is 0 Å². The summed E-state index contributed by atoms with van der Waals surface area (Å²) in [7, 11) is 0. The molecule has 6 nitrogen and oxygen atoms in total. The molecule has 6 atom stereocenters. The molecule has 172 valence electrons. The Morgan fingerprint density at radius 2 is 1.30 bits per heavy atom. The predicted octanol–water partition coefficient (Wildman–Crippen LogP) is 3.99. The van der Waals surface area contributed by atoms with E-state index in [1.165, 1.54) is 0 Å². The highest BCUT2D eigenvalue weighted by atomic mass is 16.8. The molecule has 0 spiro atoms. The highest BCUT2D eigenvalue weighted by molar-refractivity contribution is 5.17. The Labute approximate surface area is 193 Å². The average molecular weight is 449 g/mol. The molecule has 2 heterocycles. The minimum atomic E-state index is -0.941. The maximum absolute atomic E-state index is 11.3. The van der Waals surface area contributed by atoms with Gasteiger partial charge in [0.2, 0.25) is 0 Å². The van der Waals surface area contributed by atoms with E-state index >= 15 is 0 Å². The largest absolute Gasteiger partial charge is 0.387 e. The zero-order valence-corrected chi connectivity index (χ0v) is 18.2. The first-order valence-corrected chi connectivity index (χ1v) is 11.2. The van der Waals surface area contributed by atoms with Gasteiger partial charge in [-0.25, -0.2) is 0 Å². The second-order valence-electron chi connectivity index (χ2n) is 8.27. The van der Waals surface area contributed by atoms with Crippen LogP contribution in [0.1, 0.15) is 23.0 Å². The summed E-state index contributed by atoms with van der Waals surface area (Å²) in [6.45, 7) is 0.959. The molecule has 2 saturated heterocycles. The standard InChI is InChI=1S/C27H28O6/c28-23-24-22(18-31-26(33-24)21-14-8-3-9-15-21)32-27(30-17-20-12-6-2-7-13-20)25(23)29-16-19-10-4-1-5-11-19/h1-15,22-28H,16-18H2/t22-,23+,24-,25-,26+,27+/m1/s1. The normalized spacial score (nSPS) is 29.4. The number of benzene rings is 3. The third kappa shape index (κ3) is 5.33. The monoisotopic (exact) mass is 448 g/mol. The lowest BCUT2D eigenvalue weighted by molar-refractivity contribution is -0.368. The molecule has 1 N–H and O–H groups in total. The molecule has 2 aliphatic heterocycles. The minimum absolute atomic E-state index is 0.290. The van der Waals surface area contributed by atoms with Crippen molar-refractivity contribution in [2.45, 2.75) is 50.2 Å². The maximum atomic E-state index is 11.3. The lowest BCUT2D eigenvalue weighted by Gasteiger charge is -2.47. The highest BCUT2D eigenvalue weighted by Crippen LogP contribution is 2.35. The van der Waals surface area contributed by atoms with Crippen LogP contribution in [0.5, 0.6) is 0 Å². The van der Waals surface area contributed by atoms with Gasteiger partial charge in [0.1, 0.15) is 24.4 Å². The van der Waals surface area contributed by atoms with E-state index in [0.29, 0.717) is 13.2 Å².